The average molecular weight is 384 g/mol. The Hall–Kier alpha value is -3.88. The summed E-state index contributed by atoms with van der Waals surface area (Å²) < 4.78 is 10.4. The van der Waals surface area contributed by atoms with E-state index in [1.54, 1.807) is 48.5 Å². The Labute approximate surface area is 161 Å². The van der Waals surface area contributed by atoms with E-state index in [1.165, 1.54) is 6.21 Å². The molecule has 2 aromatic carbocycles. The van der Waals surface area contributed by atoms with E-state index in [4.69, 9.17) is 15.2 Å². The zero-order valence-corrected chi connectivity index (χ0v) is 15.2. The molecule has 0 aromatic heterocycles. The van der Waals surface area contributed by atoms with Crippen molar-refractivity contribution in [1.82, 2.24) is 5.43 Å². The number of amides is 3. The molecule has 0 spiro atoms. The summed E-state index contributed by atoms with van der Waals surface area (Å²) in [4.78, 5) is 34.3. The molecule has 2 aromatic rings. The van der Waals surface area contributed by atoms with Crippen molar-refractivity contribution in [2.45, 2.75) is 6.92 Å². The van der Waals surface area contributed by atoms with Crippen LogP contribution in [0.5, 0.6) is 11.5 Å². The predicted molar refractivity (Wildman–Crippen MR) is 103 cm³/mol. The normalized spacial score (nSPS) is 10.3. The van der Waals surface area contributed by atoms with Crippen molar-refractivity contribution < 1.29 is 23.9 Å². The van der Waals surface area contributed by atoms with E-state index in [0.29, 0.717) is 29.4 Å². The van der Waals surface area contributed by atoms with Gasteiger partial charge in [-0.25, -0.2) is 5.43 Å². The number of anilines is 1. The first-order chi connectivity index (χ1) is 13.5. The molecule has 0 saturated heterocycles. The molecule has 0 saturated carbocycles. The van der Waals surface area contributed by atoms with Crippen LogP contribution in [0.3, 0.4) is 0 Å². The van der Waals surface area contributed by atoms with E-state index in [2.05, 4.69) is 15.8 Å². The predicted octanol–water partition coefficient (Wildman–Crippen LogP) is 1.04. The Bertz CT molecular complexity index is 848. The fraction of sp³-hybridized carbons (Fsp3) is 0.158. The zero-order valence-electron chi connectivity index (χ0n) is 15.2. The number of rotatable bonds is 8. The van der Waals surface area contributed by atoms with Gasteiger partial charge >= 0.3 is 11.8 Å². The minimum absolute atomic E-state index is 0.215. The van der Waals surface area contributed by atoms with Gasteiger partial charge in [0.25, 0.3) is 5.91 Å². The number of nitrogens with two attached hydrogens (primary N) is 1. The van der Waals surface area contributed by atoms with Crippen molar-refractivity contribution in [1.29, 1.82) is 0 Å². The SMILES string of the molecule is CCOc1ccc(NC(=O)C(=O)N/N=C\c2ccc(OCC(N)=O)cc2)cc1. The molecule has 0 unspecified atom stereocenters. The van der Waals surface area contributed by atoms with Crippen molar-refractivity contribution in [2.75, 3.05) is 18.5 Å². The van der Waals surface area contributed by atoms with Gasteiger partial charge in [0.05, 0.1) is 12.8 Å². The maximum absolute atomic E-state index is 11.9. The second-order valence-corrected chi connectivity index (χ2v) is 5.43. The largest absolute Gasteiger partial charge is 0.494 e. The van der Waals surface area contributed by atoms with Crippen LogP contribution in [0.15, 0.2) is 53.6 Å². The van der Waals surface area contributed by atoms with Crippen LogP contribution in [0.2, 0.25) is 0 Å². The highest BCUT2D eigenvalue weighted by Crippen LogP contribution is 2.15. The van der Waals surface area contributed by atoms with Crippen LogP contribution in [0.25, 0.3) is 0 Å². The number of nitrogens with zero attached hydrogens (tertiary/aromatic N) is 1. The minimum Gasteiger partial charge on any atom is -0.494 e. The average Bonchev–Trinajstić information content (AvgIpc) is 2.69. The van der Waals surface area contributed by atoms with E-state index in [0.717, 1.165) is 0 Å². The lowest BCUT2D eigenvalue weighted by atomic mass is 10.2. The molecule has 0 aliphatic carbocycles. The molecular weight excluding hydrogens is 364 g/mol. The molecule has 146 valence electrons. The number of carbonyl (C=O) groups excluding carboxylic acids is 3. The van der Waals surface area contributed by atoms with Crippen molar-refractivity contribution in [3.05, 3.63) is 54.1 Å². The molecule has 0 aliphatic heterocycles. The maximum atomic E-state index is 11.9. The van der Waals surface area contributed by atoms with Crippen LogP contribution in [0.4, 0.5) is 5.69 Å². The minimum atomic E-state index is -0.911. The highest BCUT2D eigenvalue weighted by atomic mass is 16.5. The van der Waals surface area contributed by atoms with Crippen molar-refractivity contribution in [3.8, 4) is 11.5 Å². The van der Waals surface area contributed by atoms with Crippen LogP contribution >= 0.6 is 0 Å². The Morgan fingerprint density at radius 3 is 2.18 bits per heavy atom. The number of hydrogen-bond acceptors (Lipinski definition) is 6. The van der Waals surface area contributed by atoms with E-state index in [-0.39, 0.29) is 6.61 Å². The van der Waals surface area contributed by atoms with Gasteiger partial charge in [0.15, 0.2) is 6.61 Å². The number of carbonyl (C=O) groups is 3. The maximum Gasteiger partial charge on any atom is 0.329 e. The van der Waals surface area contributed by atoms with E-state index in [1.807, 2.05) is 6.92 Å². The summed E-state index contributed by atoms with van der Waals surface area (Å²) in [7, 11) is 0. The molecular formula is C19H20N4O5. The summed E-state index contributed by atoms with van der Waals surface area (Å²) in [6.07, 6.45) is 1.36. The Balaban J connectivity index is 1.81. The third kappa shape index (κ3) is 6.79. The van der Waals surface area contributed by atoms with E-state index >= 15 is 0 Å². The third-order valence-electron chi connectivity index (χ3n) is 3.27. The zero-order chi connectivity index (χ0) is 20.4. The van der Waals surface area contributed by atoms with Gasteiger partial charge in [0.2, 0.25) is 0 Å². The number of hydrazone groups is 1. The summed E-state index contributed by atoms with van der Waals surface area (Å²) in [5.74, 6) is -1.20. The first-order valence-corrected chi connectivity index (χ1v) is 8.36. The molecule has 9 nitrogen and oxygen atoms in total. The van der Waals surface area contributed by atoms with E-state index < -0.39 is 17.7 Å². The molecule has 0 radical (unpaired) electrons. The Morgan fingerprint density at radius 2 is 1.57 bits per heavy atom. The summed E-state index contributed by atoms with van der Waals surface area (Å²) >= 11 is 0. The van der Waals surface area contributed by atoms with Gasteiger partial charge in [-0.15, -0.1) is 0 Å². The topological polar surface area (TPSA) is 132 Å². The number of nitrogens with one attached hydrogen (secondary N) is 2. The number of hydrogen-bond donors (Lipinski definition) is 3. The van der Waals surface area contributed by atoms with Crippen molar-refractivity contribution in [2.24, 2.45) is 10.8 Å². The molecule has 9 heteroatoms. The number of ether oxygens (including phenoxy) is 2. The molecule has 0 fully saturated rings. The van der Waals surface area contributed by atoms with Crippen molar-refractivity contribution >= 4 is 29.6 Å². The quantitative estimate of drug-likeness (QED) is 0.355. The Kier molecular flexibility index (Phi) is 7.53. The van der Waals surface area contributed by atoms with Gasteiger partial charge < -0.3 is 20.5 Å². The summed E-state index contributed by atoms with van der Waals surface area (Å²) in [5, 5.41) is 6.18. The molecule has 0 heterocycles. The van der Waals surface area contributed by atoms with Crippen LogP contribution in [-0.2, 0) is 14.4 Å². The van der Waals surface area contributed by atoms with Crippen LogP contribution in [-0.4, -0.2) is 37.1 Å². The molecule has 4 N–H and O–H groups in total. The van der Waals surface area contributed by atoms with Crippen LogP contribution in [0, 0.1) is 0 Å². The highest BCUT2D eigenvalue weighted by molar-refractivity contribution is 6.39. The molecule has 2 rings (SSSR count). The lowest BCUT2D eigenvalue weighted by Crippen LogP contribution is -2.32. The molecule has 0 aliphatic rings. The van der Waals surface area contributed by atoms with Crippen LogP contribution in [0.1, 0.15) is 12.5 Å². The highest BCUT2D eigenvalue weighted by Gasteiger charge is 2.12. The first kappa shape index (κ1) is 20.4. The standard InChI is InChI=1S/C19H20N4O5/c1-2-27-15-9-5-14(6-10-15)22-18(25)19(26)23-21-11-13-3-7-16(8-4-13)28-12-17(20)24/h3-11H,2,12H2,1H3,(H2,20,24)(H,22,25)(H,23,26)/b21-11-. The van der Waals surface area contributed by atoms with Gasteiger partial charge in [-0.3, -0.25) is 14.4 Å². The van der Waals surface area contributed by atoms with Crippen LogP contribution < -0.4 is 25.9 Å². The van der Waals surface area contributed by atoms with E-state index in [9.17, 15) is 14.4 Å². The molecule has 0 atom stereocenters. The second kappa shape index (κ2) is 10.3. The third-order valence-corrected chi connectivity index (χ3v) is 3.27. The first-order valence-electron chi connectivity index (χ1n) is 8.36. The monoisotopic (exact) mass is 384 g/mol. The van der Waals surface area contributed by atoms with Gasteiger partial charge in [0, 0.05) is 5.69 Å². The summed E-state index contributed by atoms with van der Waals surface area (Å²) in [6, 6.07) is 13.2. The molecule has 28 heavy (non-hydrogen) atoms. The fourth-order valence-electron chi connectivity index (χ4n) is 2.01. The second-order valence-electron chi connectivity index (χ2n) is 5.43. The Morgan fingerprint density at radius 1 is 0.964 bits per heavy atom. The van der Waals surface area contributed by atoms with Crippen molar-refractivity contribution in [3.63, 3.8) is 0 Å². The molecule has 0 bridgehead atoms. The van der Waals surface area contributed by atoms with Gasteiger partial charge in [0.1, 0.15) is 11.5 Å². The smallest absolute Gasteiger partial charge is 0.329 e. The van der Waals surface area contributed by atoms with Gasteiger partial charge in [-0.05, 0) is 61.0 Å². The number of primary amides is 1. The summed E-state index contributed by atoms with van der Waals surface area (Å²) in [5.41, 5.74) is 8.24. The lowest BCUT2D eigenvalue weighted by molar-refractivity contribution is -0.136. The lowest BCUT2D eigenvalue weighted by Gasteiger charge is -2.06. The summed E-state index contributed by atoms with van der Waals surface area (Å²) in [6.45, 7) is 2.19. The molecule has 3 amide bonds. The van der Waals surface area contributed by atoms with Gasteiger partial charge in [-0.2, -0.15) is 5.10 Å². The van der Waals surface area contributed by atoms with Gasteiger partial charge in [-0.1, -0.05) is 0 Å². The number of benzene rings is 2. The fourth-order valence-corrected chi connectivity index (χ4v) is 2.01.